The molecule has 0 radical (unpaired) electrons. The molecule has 258 valence electrons. The van der Waals surface area contributed by atoms with Crippen molar-refractivity contribution in [3.8, 4) is 0 Å². The van der Waals surface area contributed by atoms with Crippen LogP contribution in [0, 0.1) is 0 Å². The van der Waals surface area contributed by atoms with E-state index in [0.717, 1.165) is 16.7 Å². The van der Waals surface area contributed by atoms with Gasteiger partial charge < -0.3 is 0 Å². The van der Waals surface area contributed by atoms with Crippen molar-refractivity contribution >= 4 is 26.5 Å². The first-order valence-electron chi connectivity index (χ1n) is 17.6. The van der Waals surface area contributed by atoms with Gasteiger partial charge in [-0.25, -0.2) is 0 Å². The van der Waals surface area contributed by atoms with E-state index in [-0.39, 0.29) is 0 Å². The fourth-order valence-electron chi connectivity index (χ4n) is 7.29. The van der Waals surface area contributed by atoms with Crippen molar-refractivity contribution in [2.75, 3.05) is 7.11 Å². The van der Waals surface area contributed by atoms with Crippen LogP contribution in [0.3, 0.4) is 0 Å². The average molecular weight is 737 g/mol. The normalized spacial score (nSPS) is 20.5. The molecule has 1 aliphatic heterocycles. The van der Waals surface area contributed by atoms with Crippen molar-refractivity contribution in [3.63, 3.8) is 0 Å². The van der Waals surface area contributed by atoms with Crippen molar-refractivity contribution in [2.45, 2.75) is 49.4 Å². The molecule has 51 heavy (non-hydrogen) atoms. The molecule has 6 aromatic carbocycles. The van der Waals surface area contributed by atoms with E-state index in [4.69, 9.17) is 23.7 Å². The Morgan fingerprint density at radius 1 is 0.412 bits per heavy atom. The maximum absolute atomic E-state index is 7.38. The van der Waals surface area contributed by atoms with Crippen molar-refractivity contribution in [1.82, 2.24) is 0 Å². The molecule has 0 saturated carbocycles. The van der Waals surface area contributed by atoms with Crippen LogP contribution < -0.4 is 13.2 Å². The van der Waals surface area contributed by atoms with E-state index < -0.39 is 42.8 Å². The van der Waals surface area contributed by atoms with Crippen molar-refractivity contribution in [2.24, 2.45) is 0 Å². The van der Waals surface area contributed by atoms with Gasteiger partial charge in [0.2, 0.25) is 0 Å². The second-order valence-electron chi connectivity index (χ2n) is 12.9. The van der Waals surface area contributed by atoms with Crippen LogP contribution in [0.4, 0.5) is 0 Å². The molecule has 1 fully saturated rings. The van der Waals surface area contributed by atoms with Gasteiger partial charge in [0.1, 0.15) is 0 Å². The molecule has 7 rings (SSSR count). The summed E-state index contributed by atoms with van der Waals surface area (Å²) in [4.78, 5) is -0.428. The fraction of sp³-hybridized carbons (Fsp3) is 0.200. The Balaban J connectivity index is 1.41. The van der Waals surface area contributed by atoms with Gasteiger partial charge in [0.25, 0.3) is 0 Å². The zero-order valence-corrected chi connectivity index (χ0v) is 31.0. The summed E-state index contributed by atoms with van der Waals surface area (Å²) in [6.07, 6.45) is -2.38. The van der Waals surface area contributed by atoms with E-state index in [1.807, 2.05) is 54.6 Å². The number of methoxy groups -OCH3 is 1. The quantitative estimate of drug-likeness (QED) is 0.115. The summed E-state index contributed by atoms with van der Waals surface area (Å²) in [5, 5.41) is 0. The van der Waals surface area contributed by atoms with Crippen LogP contribution in [-0.2, 0) is 43.5 Å². The number of rotatable bonds is 14. The summed E-state index contributed by atoms with van der Waals surface area (Å²) in [5.74, 6) is 0. The number of hydrogen-bond donors (Lipinski definition) is 0. The van der Waals surface area contributed by atoms with Crippen molar-refractivity contribution in [3.05, 3.63) is 199 Å². The van der Waals surface area contributed by atoms with E-state index >= 15 is 0 Å². The molecular weight excluding hydrogens is 693 g/mol. The molecule has 0 N–H and O–H groups in total. The molecule has 0 aromatic heterocycles. The molecule has 1 saturated heterocycles. The van der Waals surface area contributed by atoms with E-state index in [9.17, 15) is 0 Å². The summed E-state index contributed by atoms with van der Waals surface area (Å²) >= 11 is -3.91. The standard InChI is InChI=1S/C45H44GeO5/c1-47-45-43(50-34-37-24-12-4-13-25-37)41(48-32-35-20-8-2-9-21-35)42(49-33-36-22-10-3-11-23-36)44(51-45)46(38-26-14-5-15-27-38,39-28-16-6-17-29-39)40-30-18-7-19-31-40/h2-31,41-45H,32-34H2,1H3/t41-,42-,43-,44-,45-/m0/s1. The summed E-state index contributed by atoms with van der Waals surface area (Å²) in [7, 11) is 1.70. The Morgan fingerprint density at radius 2 is 0.725 bits per heavy atom. The molecule has 6 aromatic rings. The Kier molecular flexibility index (Phi) is 11.9. The molecule has 0 spiro atoms. The van der Waals surface area contributed by atoms with E-state index in [2.05, 4.69) is 127 Å². The van der Waals surface area contributed by atoms with Gasteiger partial charge in [-0.2, -0.15) is 0 Å². The molecule has 1 heterocycles. The number of hydrogen-bond acceptors (Lipinski definition) is 5. The zero-order valence-electron chi connectivity index (χ0n) is 28.9. The SMILES string of the molecule is CO[C@H]1O[C@H]([Ge]([c]2ccccc2)([c]2ccccc2)[c]2ccccc2)[C@@H](OCc2ccccc2)[C@H](OCc2ccccc2)[C@@H]1OCc1ccccc1. The Morgan fingerprint density at radius 3 is 1.08 bits per heavy atom. The zero-order chi connectivity index (χ0) is 34.7. The third kappa shape index (κ3) is 7.95. The molecular formula is C45H44GeO5. The maximum atomic E-state index is 7.38. The van der Waals surface area contributed by atoms with Gasteiger partial charge in [-0.15, -0.1) is 0 Å². The molecule has 0 bridgehead atoms. The predicted molar refractivity (Wildman–Crippen MR) is 205 cm³/mol. The predicted octanol–water partition coefficient (Wildman–Crippen LogP) is 6.82. The van der Waals surface area contributed by atoms with E-state index in [1.165, 1.54) is 13.2 Å². The van der Waals surface area contributed by atoms with Crippen LogP contribution >= 0.6 is 0 Å². The minimum atomic E-state index is -3.91. The molecule has 5 nitrogen and oxygen atoms in total. The molecule has 6 heteroatoms. The molecule has 0 aliphatic carbocycles. The van der Waals surface area contributed by atoms with Crippen LogP contribution in [0.5, 0.6) is 0 Å². The fourth-order valence-corrected chi connectivity index (χ4v) is 18.3. The topological polar surface area (TPSA) is 46.2 Å². The summed E-state index contributed by atoms with van der Waals surface area (Å²) in [6, 6.07) is 63.4. The average Bonchev–Trinajstić information content (AvgIpc) is 3.21. The van der Waals surface area contributed by atoms with Crippen LogP contribution in [0.15, 0.2) is 182 Å². The van der Waals surface area contributed by atoms with Gasteiger partial charge in [-0.05, 0) is 0 Å². The first-order valence-corrected chi connectivity index (χ1v) is 21.9. The monoisotopic (exact) mass is 738 g/mol. The van der Waals surface area contributed by atoms with Gasteiger partial charge in [-0.3, -0.25) is 0 Å². The van der Waals surface area contributed by atoms with Gasteiger partial charge in [0.15, 0.2) is 0 Å². The summed E-state index contributed by atoms with van der Waals surface area (Å²) in [6.45, 7) is 1.14. The van der Waals surface area contributed by atoms with E-state index in [1.54, 1.807) is 7.11 Å². The van der Waals surface area contributed by atoms with Gasteiger partial charge in [0.05, 0.1) is 0 Å². The second kappa shape index (κ2) is 17.3. The minimum absolute atomic E-state index is 0.374. The Labute approximate surface area is 304 Å². The van der Waals surface area contributed by atoms with Crippen molar-refractivity contribution in [1.29, 1.82) is 0 Å². The summed E-state index contributed by atoms with van der Waals surface area (Å²) < 4.78 is 38.5. The van der Waals surface area contributed by atoms with Crippen LogP contribution in [0.1, 0.15) is 16.7 Å². The second-order valence-corrected chi connectivity index (χ2v) is 21.1. The Hall–Kier alpha value is -4.34. The first-order chi connectivity index (χ1) is 25.3. The third-order valence-corrected chi connectivity index (χ3v) is 20.3. The summed E-state index contributed by atoms with van der Waals surface area (Å²) in [5.41, 5.74) is 3.20. The molecule has 0 unspecified atom stereocenters. The first kappa shape index (κ1) is 35.1. The van der Waals surface area contributed by atoms with Crippen LogP contribution in [0.25, 0.3) is 0 Å². The van der Waals surface area contributed by atoms with Gasteiger partial charge >= 0.3 is 305 Å². The third-order valence-electron chi connectivity index (χ3n) is 9.70. The number of ether oxygens (including phenoxy) is 5. The van der Waals surface area contributed by atoms with Crippen LogP contribution in [-0.4, -0.2) is 49.9 Å². The van der Waals surface area contributed by atoms with E-state index in [0.29, 0.717) is 19.8 Å². The van der Waals surface area contributed by atoms with Gasteiger partial charge in [-0.1, -0.05) is 0 Å². The van der Waals surface area contributed by atoms with Crippen LogP contribution in [0.2, 0.25) is 0 Å². The molecule has 0 amide bonds. The Bertz CT molecular complexity index is 1780. The molecule has 5 atom stereocenters. The molecule has 1 aliphatic rings. The van der Waals surface area contributed by atoms with Crippen molar-refractivity contribution < 1.29 is 23.7 Å². The van der Waals surface area contributed by atoms with Gasteiger partial charge in [0, 0.05) is 0 Å². The number of benzene rings is 6.